The fourth-order valence-electron chi connectivity index (χ4n) is 1.21. The zero-order valence-corrected chi connectivity index (χ0v) is 8.86. The maximum absolute atomic E-state index is 11.9. The first-order chi connectivity index (χ1) is 7.83. The van der Waals surface area contributed by atoms with Crippen molar-refractivity contribution in [2.75, 3.05) is 6.61 Å². The molecular weight excluding hydrogens is 240 g/mol. The Labute approximate surface area is 95.7 Å². The first-order valence-corrected chi connectivity index (χ1v) is 4.72. The van der Waals surface area contributed by atoms with Crippen LogP contribution in [0.2, 0.25) is 0 Å². The summed E-state index contributed by atoms with van der Waals surface area (Å²) in [5, 5.41) is 18.0. The zero-order chi connectivity index (χ0) is 13.1. The lowest BCUT2D eigenvalue weighted by Crippen LogP contribution is -2.32. The molecule has 0 atom stereocenters. The Morgan fingerprint density at radius 2 is 1.94 bits per heavy atom. The van der Waals surface area contributed by atoms with Gasteiger partial charge in [0.15, 0.2) is 0 Å². The van der Waals surface area contributed by atoms with Gasteiger partial charge < -0.3 is 19.5 Å². The van der Waals surface area contributed by atoms with Crippen LogP contribution in [-0.4, -0.2) is 30.1 Å². The molecular formula is C9H10BF3O4. The smallest absolute Gasteiger partial charge is 0.494 e. The molecule has 17 heavy (non-hydrogen) atoms. The third-order valence-corrected chi connectivity index (χ3v) is 1.79. The fourth-order valence-corrected chi connectivity index (χ4v) is 1.21. The molecule has 0 spiro atoms. The van der Waals surface area contributed by atoms with E-state index in [2.05, 4.69) is 4.74 Å². The van der Waals surface area contributed by atoms with Gasteiger partial charge in [-0.2, -0.15) is 0 Å². The summed E-state index contributed by atoms with van der Waals surface area (Å²) >= 11 is 0. The summed E-state index contributed by atoms with van der Waals surface area (Å²) in [6, 6.07) is 3.08. The predicted octanol–water partition coefficient (Wildman–Crippen LogP) is 0.664. The molecule has 4 nitrogen and oxygen atoms in total. The van der Waals surface area contributed by atoms with E-state index in [0.717, 1.165) is 12.1 Å². The molecule has 0 fully saturated rings. The van der Waals surface area contributed by atoms with Crippen LogP contribution in [0.5, 0.6) is 11.5 Å². The predicted molar refractivity (Wildman–Crippen MR) is 54.1 cm³/mol. The van der Waals surface area contributed by atoms with Crippen molar-refractivity contribution in [2.45, 2.75) is 13.3 Å². The number of alkyl halides is 3. The molecule has 2 N–H and O–H groups in total. The molecule has 0 amide bonds. The topological polar surface area (TPSA) is 58.9 Å². The van der Waals surface area contributed by atoms with Crippen molar-refractivity contribution in [3.63, 3.8) is 0 Å². The second-order valence-electron chi connectivity index (χ2n) is 3.05. The van der Waals surface area contributed by atoms with Crippen LogP contribution < -0.4 is 14.9 Å². The lowest BCUT2D eigenvalue weighted by Gasteiger charge is -2.13. The Balaban J connectivity index is 3.01. The van der Waals surface area contributed by atoms with Gasteiger partial charge in [-0.1, -0.05) is 0 Å². The van der Waals surface area contributed by atoms with Crippen LogP contribution in [0, 0.1) is 0 Å². The highest BCUT2D eigenvalue weighted by Gasteiger charge is 2.32. The summed E-state index contributed by atoms with van der Waals surface area (Å²) < 4.78 is 44.5. The summed E-state index contributed by atoms with van der Waals surface area (Å²) in [6.07, 6.45) is -4.83. The Kier molecular flexibility index (Phi) is 4.25. The van der Waals surface area contributed by atoms with E-state index in [0.29, 0.717) is 0 Å². The molecule has 0 unspecified atom stereocenters. The van der Waals surface area contributed by atoms with Gasteiger partial charge in [-0.15, -0.1) is 13.2 Å². The van der Waals surface area contributed by atoms with E-state index in [-0.39, 0.29) is 17.8 Å². The largest absolute Gasteiger partial charge is 0.573 e. The van der Waals surface area contributed by atoms with Crippen molar-refractivity contribution in [2.24, 2.45) is 0 Å². The molecule has 1 aromatic carbocycles. The number of rotatable bonds is 4. The third-order valence-electron chi connectivity index (χ3n) is 1.79. The molecule has 0 aliphatic heterocycles. The molecule has 0 aliphatic rings. The molecule has 0 bridgehead atoms. The van der Waals surface area contributed by atoms with E-state index in [1.165, 1.54) is 6.07 Å². The summed E-state index contributed by atoms with van der Waals surface area (Å²) in [5.41, 5.74) is -0.186. The molecule has 0 saturated heterocycles. The maximum Gasteiger partial charge on any atom is 0.573 e. The molecule has 1 rings (SSSR count). The van der Waals surface area contributed by atoms with Crippen molar-refractivity contribution >= 4 is 12.6 Å². The zero-order valence-electron chi connectivity index (χ0n) is 8.86. The van der Waals surface area contributed by atoms with Crippen molar-refractivity contribution in [3.8, 4) is 11.5 Å². The molecule has 1 aromatic rings. The van der Waals surface area contributed by atoms with Gasteiger partial charge in [-0.05, 0) is 25.1 Å². The van der Waals surface area contributed by atoms with Crippen molar-refractivity contribution in [1.82, 2.24) is 0 Å². The maximum atomic E-state index is 11.9. The lowest BCUT2D eigenvalue weighted by atomic mass is 9.79. The van der Waals surface area contributed by atoms with E-state index in [1.807, 2.05) is 0 Å². The Bertz CT molecular complexity index is 381. The second-order valence-corrected chi connectivity index (χ2v) is 3.05. The van der Waals surface area contributed by atoms with Crippen molar-refractivity contribution in [1.29, 1.82) is 0 Å². The van der Waals surface area contributed by atoms with Gasteiger partial charge in [0.2, 0.25) is 0 Å². The number of hydrogen-bond acceptors (Lipinski definition) is 4. The number of halogens is 3. The first-order valence-electron chi connectivity index (χ1n) is 4.72. The molecule has 0 radical (unpaired) electrons. The van der Waals surface area contributed by atoms with Crippen molar-refractivity contribution < 1.29 is 32.7 Å². The van der Waals surface area contributed by atoms with E-state index in [9.17, 15) is 13.2 Å². The van der Waals surface area contributed by atoms with Crippen molar-refractivity contribution in [3.05, 3.63) is 18.2 Å². The molecule has 8 heteroatoms. The van der Waals surface area contributed by atoms with Crippen LogP contribution in [-0.2, 0) is 0 Å². The molecule has 94 valence electrons. The minimum absolute atomic E-state index is 0.0945. The molecule has 0 heterocycles. The normalized spacial score (nSPS) is 11.2. The second kappa shape index (κ2) is 5.28. The van der Waals surface area contributed by atoms with Gasteiger partial charge in [0.25, 0.3) is 0 Å². The molecule has 0 aliphatic carbocycles. The minimum atomic E-state index is -4.83. The average molecular weight is 250 g/mol. The van der Waals surface area contributed by atoms with Crippen LogP contribution in [0.4, 0.5) is 13.2 Å². The number of ether oxygens (including phenoxy) is 2. The van der Waals surface area contributed by atoms with Crippen LogP contribution in [0.25, 0.3) is 0 Å². The van der Waals surface area contributed by atoms with Gasteiger partial charge in [0.1, 0.15) is 11.5 Å². The van der Waals surface area contributed by atoms with E-state index in [4.69, 9.17) is 14.8 Å². The van der Waals surface area contributed by atoms with Crippen LogP contribution in [0.1, 0.15) is 6.92 Å². The van der Waals surface area contributed by atoms with Crippen LogP contribution in [0.15, 0.2) is 18.2 Å². The number of benzene rings is 1. The van der Waals surface area contributed by atoms with Gasteiger partial charge in [0.05, 0.1) is 6.61 Å². The Hall–Kier alpha value is -1.41. The third kappa shape index (κ3) is 4.16. The van der Waals surface area contributed by atoms with Gasteiger partial charge in [0, 0.05) is 5.46 Å². The molecule has 0 aromatic heterocycles. The van der Waals surface area contributed by atoms with E-state index >= 15 is 0 Å². The summed E-state index contributed by atoms with van der Waals surface area (Å²) in [7, 11) is -1.94. The fraction of sp³-hybridized carbons (Fsp3) is 0.333. The minimum Gasteiger partial charge on any atom is -0.494 e. The summed E-state index contributed by atoms with van der Waals surface area (Å²) in [5.74, 6) is -0.443. The SMILES string of the molecule is CCOc1ccc(OC(F)(F)F)cc1B(O)O. The molecule has 0 saturated carbocycles. The summed E-state index contributed by atoms with van der Waals surface area (Å²) in [6.45, 7) is 1.91. The van der Waals surface area contributed by atoms with E-state index in [1.54, 1.807) is 6.92 Å². The van der Waals surface area contributed by atoms with Gasteiger partial charge in [-0.3, -0.25) is 0 Å². The first kappa shape index (κ1) is 13.7. The monoisotopic (exact) mass is 250 g/mol. The Morgan fingerprint density at radius 1 is 1.29 bits per heavy atom. The Morgan fingerprint density at radius 3 is 2.41 bits per heavy atom. The highest BCUT2D eigenvalue weighted by Crippen LogP contribution is 2.23. The average Bonchev–Trinajstić information content (AvgIpc) is 2.18. The van der Waals surface area contributed by atoms with Gasteiger partial charge in [-0.25, -0.2) is 0 Å². The van der Waals surface area contributed by atoms with E-state index < -0.39 is 19.2 Å². The highest BCUT2D eigenvalue weighted by molar-refractivity contribution is 6.59. The standard InChI is InChI=1S/C9H10BF3O4/c1-2-16-8-4-3-6(17-9(11,12)13)5-7(8)10(14)15/h3-5,14-15H,2H2,1H3. The summed E-state index contributed by atoms with van der Waals surface area (Å²) in [4.78, 5) is 0. The number of hydrogen-bond donors (Lipinski definition) is 2. The van der Waals surface area contributed by atoms with Gasteiger partial charge >= 0.3 is 13.5 Å². The quantitative estimate of drug-likeness (QED) is 0.771. The van der Waals surface area contributed by atoms with Crippen LogP contribution >= 0.6 is 0 Å². The highest BCUT2D eigenvalue weighted by atomic mass is 19.4. The van der Waals surface area contributed by atoms with Crippen LogP contribution in [0.3, 0.4) is 0 Å². The lowest BCUT2D eigenvalue weighted by molar-refractivity contribution is -0.274.